The second-order valence-corrected chi connectivity index (χ2v) is 16.8. The monoisotopic (exact) mass is 723 g/mol. The summed E-state index contributed by atoms with van der Waals surface area (Å²) in [7, 11) is 0. The summed E-state index contributed by atoms with van der Waals surface area (Å²) in [6, 6.07) is 0. The van der Waals surface area contributed by atoms with Crippen molar-refractivity contribution in [2.45, 2.75) is 240 Å². The van der Waals surface area contributed by atoms with Gasteiger partial charge in [-0.1, -0.05) is 196 Å². The number of rotatable bonds is 38. The van der Waals surface area contributed by atoms with Crippen molar-refractivity contribution in [1.29, 1.82) is 0 Å². The van der Waals surface area contributed by atoms with Crippen molar-refractivity contribution in [1.82, 2.24) is 0 Å². The summed E-state index contributed by atoms with van der Waals surface area (Å²) in [6.07, 6.45) is 32.5. The summed E-state index contributed by atoms with van der Waals surface area (Å²) < 4.78 is 16.7. The number of carbonyl (C=O) groups excluding carboxylic acids is 3. The van der Waals surface area contributed by atoms with E-state index in [1.54, 1.807) is 0 Å². The third-order valence-electron chi connectivity index (χ3n) is 9.90. The highest BCUT2D eigenvalue weighted by atomic mass is 16.6. The molecular formula is C45H86O6. The Bertz CT molecular complexity index is 792. The second kappa shape index (κ2) is 36.8. The number of ether oxygens (including phenoxy) is 3. The molecule has 0 aromatic heterocycles. The lowest BCUT2D eigenvalue weighted by molar-refractivity contribution is -0.167. The quantitative estimate of drug-likeness (QED) is 0.0359. The average Bonchev–Trinajstić information content (AvgIpc) is 3.07. The molecule has 0 N–H and O–H groups in total. The number of hydrogen-bond donors (Lipinski definition) is 0. The highest BCUT2D eigenvalue weighted by Crippen LogP contribution is 2.16. The highest BCUT2D eigenvalue weighted by molar-refractivity contribution is 5.71. The van der Waals surface area contributed by atoms with Crippen molar-refractivity contribution in [3.63, 3.8) is 0 Å². The predicted molar refractivity (Wildman–Crippen MR) is 215 cm³/mol. The molecule has 0 spiro atoms. The largest absolute Gasteiger partial charge is 0.462 e. The van der Waals surface area contributed by atoms with Crippen LogP contribution in [0.15, 0.2) is 0 Å². The van der Waals surface area contributed by atoms with Crippen LogP contribution >= 0.6 is 0 Å². The van der Waals surface area contributed by atoms with Crippen LogP contribution in [0.2, 0.25) is 0 Å². The SMILES string of the molecule is CC(C)CCCCCCCCCCCC(=O)OC[C@@H](COC(=O)CCCCCCCCC(C)C)OC(=O)CCCCCCCCCCCC(C)C. The van der Waals surface area contributed by atoms with Crippen LogP contribution in [0.25, 0.3) is 0 Å². The minimum absolute atomic E-state index is 0.0673. The fraction of sp³-hybridized carbons (Fsp3) is 0.933. The summed E-state index contributed by atoms with van der Waals surface area (Å²) >= 11 is 0. The molecule has 0 aromatic rings. The minimum atomic E-state index is -0.761. The summed E-state index contributed by atoms with van der Waals surface area (Å²) in [6.45, 7) is 13.6. The van der Waals surface area contributed by atoms with Gasteiger partial charge in [0.05, 0.1) is 0 Å². The molecule has 0 aromatic carbocycles. The average molecular weight is 723 g/mol. The fourth-order valence-electron chi connectivity index (χ4n) is 6.52. The molecule has 0 radical (unpaired) electrons. The lowest BCUT2D eigenvalue weighted by Crippen LogP contribution is -2.30. The first-order chi connectivity index (χ1) is 24.6. The maximum atomic E-state index is 12.7. The Morgan fingerprint density at radius 2 is 0.569 bits per heavy atom. The first kappa shape index (κ1) is 49.4. The molecule has 0 aliphatic carbocycles. The van der Waals surface area contributed by atoms with Gasteiger partial charge in [0.25, 0.3) is 0 Å². The van der Waals surface area contributed by atoms with Crippen molar-refractivity contribution >= 4 is 17.9 Å². The molecule has 6 nitrogen and oxygen atoms in total. The van der Waals surface area contributed by atoms with Gasteiger partial charge in [0.15, 0.2) is 6.10 Å². The van der Waals surface area contributed by atoms with E-state index in [2.05, 4.69) is 41.5 Å². The van der Waals surface area contributed by atoms with Crippen molar-refractivity contribution in [3.05, 3.63) is 0 Å². The van der Waals surface area contributed by atoms with E-state index >= 15 is 0 Å². The normalized spacial score (nSPS) is 12.2. The second-order valence-electron chi connectivity index (χ2n) is 16.8. The number of unbranched alkanes of at least 4 members (excludes halogenated alkanes) is 21. The van der Waals surface area contributed by atoms with E-state index in [1.165, 1.54) is 116 Å². The molecule has 0 bridgehead atoms. The molecule has 0 saturated carbocycles. The molecule has 51 heavy (non-hydrogen) atoms. The Balaban J connectivity index is 4.35. The molecule has 0 aliphatic rings. The smallest absolute Gasteiger partial charge is 0.306 e. The van der Waals surface area contributed by atoms with Crippen LogP contribution in [0.3, 0.4) is 0 Å². The van der Waals surface area contributed by atoms with Gasteiger partial charge in [-0.3, -0.25) is 14.4 Å². The van der Waals surface area contributed by atoms with Crippen LogP contribution in [-0.2, 0) is 28.6 Å². The Morgan fingerprint density at radius 1 is 0.333 bits per heavy atom. The zero-order valence-corrected chi connectivity index (χ0v) is 34.9. The molecular weight excluding hydrogens is 636 g/mol. The zero-order valence-electron chi connectivity index (χ0n) is 34.9. The molecule has 0 rings (SSSR count). The summed E-state index contributed by atoms with van der Waals surface area (Å²) in [5.74, 6) is 1.51. The number of carbonyl (C=O) groups is 3. The van der Waals surface area contributed by atoms with Crippen LogP contribution in [0.4, 0.5) is 0 Å². The Morgan fingerprint density at radius 3 is 0.843 bits per heavy atom. The molecule has 1 atom stereocenters. The zero-order chi connectivity index (χ0) is 37.8. The van der Waals surface area contributed by atoms with Gasteiger partial charge < -0.3 is 14.2 Å². The molecule has 0 fully saturated rings. The van der Waals surface area contributed by atoms with E-state index in [0.29, 0.717) is 19.3 Å². The van der Waals surface area contributed by atoms with Gasteiger partial charge >= 0.3 is 17.9 Å². The van der Waals surface area contributed by atoms with Crippen LogP contribution in [0.1, 0.15) is 234 Å². The van der Waals surface area contributed by atoms with Gasteiger partial charge in [0.1, 0.15) is 13.2 Å². The highest BCUT2D eigenvalue weighted by Gasteiger charge is 2.19. The Kier molecular flexibility index (Phi) is 35.6. The third-order valence-corrected chi connectivity index (χ3v) is 9.90. The van der Waals surface area contributed by atoms with Crippen LogP contribution < -0.4 is 0 Å². The molecule has 6 heteroatoms. The lowest BCUT2D eigenvalue weighted by atomic mass is 10.0. The molecule has 0 saturated heterocycles. The van der Waals surface area contributed by atoms with Gasteiger partial charge in [-0.15, -0.1) is 0 Å². The van der Waals surface area contributed by atoms with Crippen LogP contribution in [0.5, 0.6) is 0 Å². The van der Waals surface area contributed by atoms with E-state index in [4.69, 9.17) is 14.2 Å². The van der Waals surface area contributed by atoms with Crippen molar-refractivity contribution in [2.24, 2.45) is 17.8 Å². The van der Waals surface area contributed by atoms with Crippen molar-refractivity contribution in [2.75, 3.05) is 13.2 Å². The molecule has 0 unspecified atom stereocenters. The van der Waals surface area contributed by atoms with Gasteiger partial charge in [-0.2, -0.15) is 0 Å². The molecule has 0 heterocycles. The first-order valence-electron chi connectivity index (χ1n) is 22.1. The molecule has 0 amide bonds. The van der Waals surface area contributed by atoms with Crippen molar-refractivity contribution < 1.29 is 28.6 Å². The van der Waals surface area contributed by atoms with Gasteiger partial charge in [-0.05, 0) is 37.0 Å². The Labute approximate surface area is 317 Å². The molecule has 0 aliphatic heterocycles. The van der Waals surface area contributed by atoms with Crippen LogP contribution in [-0.4, -0.2) is 37.2 Å². The predicted octanol–water partition coefficient (Wildman–Crippen LogP) is 13.7. The van der Waals surface area contributed by atoms with E-state index in [1.807, 2.05) is 0 Å². The summed E-state index contributed by atoms with van der Waals surface area (Å²) in [5, 5.41) is 0. The number of esters is 3. The Hall–Kier alpha value is -1.59. The van der Waals surface area contributed by atoms with E-state index < -0.39 is 6.10 Å². The van der Waals surface area contributed by atoms with Crippen molar-refractivity contribution in [3.8, 4) is 0 Å². The lowest BCUT2D eigenvalue weighted by Gasteiger charge is -2.18. The van der Waals surface area contributed by atoms with Gasteiger partial charge in [0, 0.05) is 19.3 Å². The topological polar surface area (TPSA) is 78.9 Å². The maximum absolute atomic E-state index is 12.7. The molecule has 302 valence electrons. The van der Waals surface area contributed by atoms with E-state index in [-0.39, 0.29) is 31.1 Å². The number of hydrogen-bond acceptors (Lipinski definition) is 6. The summed E-state index contributed by atoms with van der Waals surface area (Å²) in [5.41, 5.74) is 0. The third kappa shape index (κ3) is 39.5. The minimum Gasteiger partial charge on any atom is -0.462 e. The first-order valence-corrected chi connectivity index (χ1v) is 22.1. The maximum Gasteiger partial charge on any atom is 0.306 e. The van der Waals surface area contributed by atoms with E-state index in [0.717, 1.165) is 75.5 Å². The van der Waals surface area contributed by atoms with Gasteiger partial charge in [-0.25, -0.2) is 0 Å². The van der Waals surface area contributed by atoms with Crippen LogP contribution in [0, 0.1) is 17.8 Å². The van der Waals surface area contributed by atoms with E-state index in [9.17, 15) is 14.4 Å². The summed E-state index contributed by atoms with van der Waals surface area (Å²) in [4.78, 5) is 37.6. The van der Waals surface area contributed by atoms with Gasteiger partial charge in [0.2, 0.25) is 0 Å². The standard InChI is InChI=1S/C45H86O6/c1-39(2)31-25-19-13-9-7-11-15-22-28-34-43(46)49-37-42(38-50-44(47)35-29-23-18-17-21-27-33-41(5)6)51-45(48)36-30-24-16-12-8-10-14-20-26-32-40(3)4/h39-42H,7-38H2,1-6H3/t42-/m0/s1. The fourth-order valence-corrected chi connectivity index (χ4v) is 6.52.